The van der Waals surface area contributed by atoms with Crippen LogP contribution in [-0.2, 0) is 6.42 Å². The molecule has 2 N–H and O–H groups in total. The van der Waals surface area contributed by atoms with Gasteiger partial charge in [-0.1, -0.05) is 78.6 Å². The van der Waals surface area contributed by atoms with Gasteiger partial charge in [0.25, 0.3) is 0 Å². The zero-order valence-corrected chi connectivity index (χ0v) is 18.0. The number of hydrogen-bond donors (Lipinski definition) is 2. The summed E-state index contributed by atoms with van der Waals surface area (Å²) in [6.45, 7) is 6.85. The maximum absolute atomic E-state index is 10.6. The Bertz CT molecular complexity index is 516. The zero-order valence-electron chi connectivity index (χ0n) is 18.0. The average Bonchev–Trinajstić information content (AvgIpc) is 2.74. The molecule has 0 aliphatic heterocycles. The number of phenolic OH excluding ortho intramolecular Hbond substituents is 2. The van der Waals surface area contributed by atoms with E-state index in [1.165, 1.54) is 70.6 Å². The first-order chi connectivity index (χ1) is 13.0. The van der Waals surface area contributed by atoms with Crippen molar-refractivity contribution in [1.29, 1.82) is 0 Å². The van der Waals surface area contributed by atoms with Crippen LogP contribution in [0, 0.1) is 11.8 Å². The minimum Gasteiger partial charge on any atom is -0.508 e. The van der Waals surface area contributed by atoms with E-state index in [1.54, 1.807) is 0 Å². The van der Waals surface area contributed by atoms with Crippen molar-refractivity contribution in [3.8, 4) is 11.5 Å². The summed E-state index contributed by atoms with van der Waals surface area (Å²) in [6, 6.07) is 3.89. The van der Waals surface area contributed by atoms with Gasteiger partial charge in [0.2, 0.25) is 0 Å². The van der Waals surface area contributed by atoms with E-state index in [0.29, 0.717) is 23.3 Å². The van der Waals surface area contributed by atoms with Crippen LogP contribution >= 0.6 is 0 Å². The molecule has 1 unspecified atom stereocenters. The van der Waals surface area contributed by atoms with Crippen LogP contribution in [0.25, 0.3) is 0 Å². The monoisotopic (exact) mass is 374 g/mol. The third kappa shape index (κ3) is 7.76. The number of rotatable bonds is 8. The number of aromatic hydroxyl groups is 2. The van der Waals surface area contributed by atoms with E-state index < -0.39 is 0 Å². The van der Waals surface area contributed by atoms with Crippen LogP contribution in [0.5, 0.6) is 11.5 Å². The molecule has 0 heterocycles. The molecular formula is C25H42O2. The Balaban J connectivity index is 1.94. The Labute approximate surface area is 167 Å². The van der Waals surface area contributed by atoms with Crippen molar-refractivity contribution < 1.29 is 10.2 Å². The Hall–Kier alpha value is -1.18. The number of phenols is 2. The van der Waals surface area contributed by atoms with Gasteiger partial charge in [0, 0.05) is 5.56 Å². The van der Waals surface area contributed by atoms with Crippen LogP contribution in [0.1, 0.15) is 115 Å². The van der Waals surface area contributed by atoms with E-state index in [2.05, 4.69) is 20.8 Å². The lowest BCUT2D eigenvalue weighted by Crippen LogP contribution is -2.02. The number of hydrogen-bond acceptors (Lipinski definition) is 2. The highest BCUT2D eigenvalue weighted by molar-refractivity contribution is 5.47. The summed E-state index contributed by atoms with van der Waals surface area (Å²) in [7, 11) is 0. The van der Waals surface area contributed by atoms with Crippen LogP contribution in [-0.4, -0.2) is 10.2 Å². The highest BCUT2D eigenvalue weighted by atomic mass is 16.3. The summed E-state index contributed by atoms with van der Waals surface area (Å²) in [5.41, 5.74) is 1.89. The largest absolute Gasteiger partial charge is 0.508 e. The van der Waals surface area contributed by atoms with Crippen LogP contribution < -0.4 is 0 Å². The molecule has 154 valence electrons. The lowest BCUT2D eigenvalue weighted by Gasteiger charge is -2.19. The molecule has 1 saturated carbocycles. The van der Waals surface area contributed by atoms with Crippen molar-refractivity contribution >= 4 is 0 Å². The van der Waals surface area contributed by atoms with Crippen molar-refractivity contribution in [2.45, 2.75) is 110 Å². The van der Waals surface area contributed by atoms with E-state index in [9.17, 15) is 10.2 Å². The molecule has 1 aromatic carbocycles. The first-order valence-corrected chi connectivity index (χ1v) is 11.5. The maximum Gasteiger partial charge on any atom is 0.122 e. The average molecular weight is 375 g/mol. The van der Waals surface area contributed by atoms with E-state index in [1.807, 2.05) is 12.1 Å². The molecule has 0 aromatic heterocycles. The SMILES string of the molecule is CC(C)CCCC(C)CCc1c(O)cc(C2CCCCCCCC2)cc1O. The van der Waals surface area contributed by atoms with Crippen LogP contribution in [0.15, 0.2) is 12.1 Å². The summed E-state index contributed by atoms with van der Waals surface area (Å²) in [5, 5.41) is 21.2. The zero-order chi connectivity index (χ0) is 19.6. The minimum atomic E-state index is 0.305. The summed E-state index contributed by atoms with van der Waals surface area (Å²) in [4.78, 5) is 0. The second kappa shape index (κ2) is 11.6. The Kier molecular flexibility index (Phi) is 9.51. The lowest BCUT2D eigenvalue weighted by atomic mass is 9.87. The molecule has 1 aromatic rings. The van der Waals surface area contributed by atoms with Gasteiger partial charge in [-0.15, -0.1) is 0 Å². The molecule has 0 radical (unpaired) electrons. The summed E-state index contributed by atoms with van der Waals surface area (Å²) < 4.78 is 0. The molecule has 1 fully saturated rings. The van der Waals surface area contributed by atoms with Crippen molar-refractivity contribution in [3.63, 3.8) is 0 Å². The van der Waals surface area contributed by atoms with Gasteiger partial charge in [-0.05, 0) is 61.1 Å². The van der Waals surface area contributed by atoms with Gasteiger partial charge >= 0.3 is 0 Å². The topological polar surface area (TPSA) is 40.5 Å². The molecular weight excluding hydrogens is 332 g/mol. The molecule has 0 bridgehead atoms. The second-order valence-electron chi connectivity index (χ2n) is 9.40. The first-order valence-electron chi connectivity index (χ1n) is 11.5. The first kappa shape index (κ1) is 22.1. The normalized spacial score (nSPS) is 18.1. The Morgan fingerprint density at radius 2 is 1.37 bits per heavy atom. The smallest absolute Gasteiger partial charge is 0.122 e. The molecule has 27 heavy (non-hydrogen) atoms. The van der Waals surface area contributed by atoms with Gasteiger partial charge in [-0.2, -0.15) is 0 Å². The predicted molar refractivity (Wildman–Crippen MR) is 116 cm³/mol. The molecule has 1 aliphatic carbocycles. The minimum absolute atomic E-state index is 0.305. The van der Waals surface area contributed by atoms with Gasteiger partial charge < -0.3 is 10.2 Å². The fraction of sp³-hybridized carbons (Fsp3) is 0.760. The van der Waals surface area contributed by atoms with Crippen molar-refractivity contribution in [2.75, 3.05) is 0 Å². The van der Waals surface area contributed by atoms with Gasteiger partial charge in [0.1, 0.15) is 11.5 Å². The third-order valence-electron chi connectivity index (χ3n) is 6.42. The lowest BCUT2D eigenvalue weighted by molar-refractivity contribution is 0.412. The van der Waals surface area contributed by atoms with Gasteiger partial charge in [-0.3, -0.25) is 0 Å². The third-order valence-corrected chi connectivity index (χ3v) is 6.42. The summed E-state index contributed by atoms with van der Waals surface area (Å²) >= 11 is 0. The predicted octanol–water partition coefficient (Wildman–Crippen LogP) is 7.71. The van der Waals surface area contributed by atoms with Crippen molar-refractivity contribution in [3.05, 3.63) is 23.3 Å². The number of benzene rings is 1. The summed E-state index contributed by atoms with van der Waals surface area (Å²) in [5.74, 6) is 2.51. The molecule has 1 aliphatic rings. The quantitative estimate of drug-likeness (QED) is 0.489. The highest BCUT2D eigenvalue weighted by Crippen LogP contribution is 2.38. The van der Waals surface area contributed by atoms with Gasteiger partial charge in [-0.25, -0.2) is 0 Å². The maximum atomic E-state index is 10.6. The van der Waals surface area contributed by atoms with Crippen molar-refractivity contribution in [1.82, 2.24) is 0 Å². The van der Waals surface area contributed by atoms with Gasteiger partial charge in [0.05, 0.1) is 0 Å². The molecule has 0 amide bonds. The molecule has 2 nitrogen and oxygen atoms in total. The van der Waals surface area contributed by atoms with Gasteiger partial charge in [0.15, 0.2) is 0 Å². The fourth-order valence-electron chi connectivity index (χ4n) is 4.53. The standard InChI is InChI=1S/C25H42O2/c1-19(2)11-10-12-20(3)15-16-23-24(26)17-22(18-25(23)27)21-13-8-6-4-5-7-9-14-21/h17-21,26-27H,4-16H2,1-3H3. The van der Waals surface area contributed by atoms with Crippen LogP contribution in [0.4, 0.5) is 0 Å². The van der Waals surface area contributed by atoms with E-state index in [4.69, 9.17) is 0 Å². The molecule has 2 rings (SSSR count). The Morgan fingerprint density at radius 1 is 0.815 bits per heavy atom. The molecule has 0 spiro atoms. The van der Waals surface area contributed by atoms with E-state index in [-0.39, 0.29) is 0 Å². The van der Waals surface area contributed by atoms with E-state index >= 15 is 0 Å². The highest BCUT2D eigenvalue weighted by Gasteiger charge is 2.18. The van der Waals surface area contributed by atoms with Crippen molar-refractivity contribution in [2.24, 2.45) is 11.8 Å². The Morgan fingerprint density at radius 3 is 1.93 bits per heavy atom. The van der Waals surface area contributed by atoms with E-state index in [0.717, 1.165) is 29.9 Å². The second-order valence-corrected chi connectivity index (χ2v) is 9.40. The molecule has 2 heteroatoms. The fourth-order valence-corrected chi connectivity index (χ4v) is 4.53. The summed E-state index contributed by atoms with van der Waals surface area (Å²) in [6.07, 6.45) is 15.9. The van der Waals surface area contributed by atoms with Crippen LogP contribution in [0.3, 0.4) is 0 Å². The molecule has 0 saturated heterocycles. The van der Waals surface area contributed by atoms with Crippen LogP contribution in [0.2, 0.25) is 0 Å². The molecule has 1 atom stereocenters.